The number of carbonyl (C=O) groups excluding carboxylic acids is 3. The Hall–Kier alpha value is -2.44. The van der Waals surface area contributed by atoms with E-state index in [-0.39, 0.29) is 24.8 Å². The second kappa shape index (κ2) is 7.71. The minimum absolute atomic E-state index is 0.0511. The van der Waals surface area contributed by atoms with E-state index in [1.165, 1.54) is 23.1 Å². The molecule has 2 rings (SSSR count). The number of nitrogens with zero attached hydrogens (tertiary/aromatic N) is 1. The fraction of sp³-hybridized carbons (Fsp3) is 0.438. The number of halogens is 1. The molecule has 1 aliphatic rings. The molecule has 1 N–H and O–H groups in total. The SMILES string of the molecule is CCOC(=O)C1CCCN(C(=O)C(=O)Nc2ccccc2F)C1. The van der Waals surface area contributed by atoms with Gasteiger partial charge in [-0.25, -0.2) is 4.39 Å². The lowest BCUT2D eigenvalue weighted by atomic mass is 9.98. The first kappa shape index (κ1) is 16.9. The summed E-state index contributed by atoms with van der Waals surface area (Å²) in [5.41, 5.74) is -0.0511. The van der Waals surface area contributed by atoms with Gasteiger partial charge >= 0.3 is 17.8 Å². The van der Waals surface area contributed by atoms with Gasteiger partial charge in [-0.1, -0.05) is 12.1 Å². The molecule has 0 aliphatic carbocycles. The molecule has 0 spiro atoms. The van der Waals surface area contributed by atoms with E-state index in [1.54, 1.807) is 13.0 Å². The maximum absolute atomic E-state index is 13.5. The maximum Gasteiger partial charge on any atom is 0.313 e. The molecule has 0 bridgehead atoms. The summed E-state index contributed by atoms with van der Waals surface area (Å²) >= 11 is 0. The number of nitrogens with one attached hydrogen (secondary N) is 1. The van der Waals surface area contributed by atoms with E-state index in [9.17, 15) is 18.8 Å². The average Bonchev–Trinajstić information content (AvgIpc) is 2.56. The second-order valence-electron chi connectivity index (χ2n) is 5.28. The Morgan fingerprint density at radius 2 is 2.09 bits per heavy atom. The number of piperidine rings is 1. The van der Waals surface area contributed by atoms with Crippen molar-refractivity contribution >= 4 is 23.5 Å². The van der Waals surface area contributed by atoms with Crippen LogP contribution in [0.15, 0.2) is 24.3 Å². The number of amides is 2. The summed E-state index contributed by atoms with van der Waals surface area (Å²) in [6.45, 7) is 2.52. The van der Waals surface area contributed by atoms with E-state index in [1.807, 2.05) is 0 Å². The Morgan fingerprint density at radius 3 is 2.78 bits per heavy atom. The molecule has 6 nitrogen and oxygen atoms in total. The molecule has 1 atom stereocenters. The minimum Gasteiger partial charge on any atom is -0.466 e. The first-order valence-electron chi connectivity index (χ1n) is 7.54. The molecule has 1 fully saturated rings. The van der Waals surface area contributed by atoms with Gasteiger partial charge in [-0.3, -0.25) is 14.4 Å². The van der Waals surface area contributed by atoms with E-state index in [0.29, 0.717) is 19.4 Å². The van der Waals surface area contributed by atoms with Gasteiger partial charge in [0, 0.05) is 13.1 Å². The van der Waals surface area contributed by atoms with Crippen molar-refractivity contribution in [1.82, 2.24) is 4.90 Å². The van der Waals surface area contributed by atoms with Crippen LogP contribution >= 0.6 is 0 Å². The van der Waals surface area contributed by atoms with Gasteiger partial charge in [0.25, 0.3) is 0 Å². The van der Waals surface area contributed by atoms with Crippen LogP contribution in [-0.2, 0) is 19.1 Å². The highest BCUT2D eigenvalue weighted by Gasteiger charge is 2.32. The molecule has 1 saturated heterocycles. The molecule has 1 heterocycles. The lowest BCUT2D eigenvalue weighted by molar-refractivity contribution is -0.153. The first-order valence-corrected chi connectivity index (χ1v) is 7.54. The largest absolute Gasteiger partial charge is 0.466 e. The van der Waals surface area contributed by atoms with Gasteiger partial charge in [-0.15, -0.1) is 0 Å². The van der Waals surface area contributed by atoms with Crippen molar-refractivity contribution in [2.24, 2.45) is 5.92 Å². The van der Waals surface area contributed by atoms with Crippen LogP contribution < -0.4 is 5.32 Å². The molecule has 1 aliphatic heterocycles. The van der Waals surface area contributed by atoms with E-state index in [4.69, 9.17) is 4.74 Å². The average molecular weight is 322 g/mol. The standard InChI is InChI=1S/C16H19FN2O4/c1-2-23-16(22)11-6-5-9-19(10-11)15(21)14(20)18-13-8-4-3-7-12(13)17/h3-4,7-8,11H,2,5-6,9-10H2,1H3,(H,18,20). The molecule has 0 radical (unpaired) electrons. The van der Waals surface area contributed by atoms with Crippen molar-refractivity contribution in [2.75, 3.05) is 25.0 Å². The quantitative estimate of drug-likeness (QED) is 0.677. The number of anilines is 1. The van der Waals surface area contributed by atoms with Crippen LogP contribution in [0, 0.1) is 11.7 Å². The summed E-state index contributed by atoms with van der Waals surface area (Å²) in [5.74, 6) is -3.09. The molecule has 1 aromatic rings. The van der Waals surface area contributed by atoms with Crippen molar-refractivity contribution < 1.29 is 23.5 Å². The molecule has 124 valence electrons. The van der Waals surface area contributed by atoms with E-state index in [2.05, 4.69) is 5.32 Å². The molecular formula is C16H19FN2O4. The highest BCUT2D eigenvalue weighted by atomic mass is 19.1. The minimum atomic E-state index is -0.917. The van der Waals surface area contributed by atoms with E-state index >= 15 is 0 Å². The van der Waals surface area contributed by atoms with Crippen LogP contribution in [0.1, 0.15) is 19.8 Å². The number of carbonyl (C=O) groups is 3. The summed E-state index contributed by atoms with van der Waals surface area (Å²) in [4.78, 5) is 37.2. The van der Waals surface area contributed by atoms with Crippen molar-refractivity contribution in [3.05, 3.63) is 30.1 Å². The van der Waals surface area contributed by atoms with Crippen molar-refractivity contribution in [3.63, 3.8) is 0 Å². The highest BCUT2D eigenvalue weighted by Crippen LogP contribution is 2.19. The fourth-order valence-corrected chi connectivity index (χ4v) is 2.50. The second-order valence-corrected chi connectivity index (χ2v) is 5.28. The molecular weight excluding hydrogens is 303 g/mol. The summed E-state index contributed by atoms with van der Waals surface area (Å²) in [7, 11) is 0. The Kier molecular flexibility index (Phi) is 5.67. The zero-order valence-electron chi connectivity index (χ0n) is 12.9. The van der Waals surface area contributed by atoms with Gasteiger partial charge < -0.3 is 15.0 Å². The lowest BCUT2D eigenvalue weighted by Crippen LogP contribution is -2.47. The topological polar surface area (TPSA) is 75.7 Å². The number of para-hydroxylation sites is 1. The Labute approximate surface area is 133 Å². The summed E-state index contributed by atoms with van der Waals surface area (Å²) in [5, 5.41) is 2.26. The molecule has 23 heavy (non-hydrogen) atoms. The number of hydrogen-bond donors (Lipinski definition) is 1. The molecule has 1 aromatic carbocycles. The Balaban J connectivity index is 1.97. The van der Waals surface area contributed by atoms with E-state index in [0.717, 1.165) is 0 Å². The number of rotatable bonds is 3. The maximum atomic E-state index is 13.5. The third-order valence-corrected chi connectivity index (χ3v) is 3.64. The fourth-order valence-electron chi connectivity index (χ4n) is 2.50. The third-order valence-electron chi connectivity index (χ3n) is 3.64. The Bertz CT molecular complexity index is 605. The molecule has 0 aromatic heterocycles. The molecule has 1 unspecified atom stereocenters. The zero-order chi connectivity index (χ0) is 16.8. The van der Waals surface area contributed by atoms with Crippen LogP contribution in [0.3, 0.4) is 0 Å². The van der Waals surface area contributed by atoms with Crippen LogP contribution in [0.5, 0.6) is 0 Å². The van der Waals surface area contributed by atoms with Gasteiger partial charge in [0.1, 0.15) is 5.82 Å². The summed E-state index contributed by atoms with van der Waals surface area (Å²) in [6.07, 6.45) is 1.24. The molecule has 0 saturated carbocycles. The van der Waals surface area contributed by atoms with Crippen LogP contribution in [0.25, 0.3) is 0 Å². The van der Waals surface area contributed by atoms with Gasteiger partial charge in [0.05, 0.1) is 18.2 Å². The number of likely N-dealkylation sites (tertiary alicyclic amines) is 1. The predicted octanol–water partition coefficient (Wildman–Crippen LogP) is 1.57. The normalized spacial score (nSPS) is 17.5. The zero-order valence-corrected chi connectivity index (χ0v) is 12.9. The van der Waals surface area contributed by atoms with Gasteiger partial charge in [-0.2, -0.15) is 0 Å². The summed E-state index contributed by atoms with van der Waals surface area (Å²) < 4.78 is 18.5. The van der Waals surface area contributed by atoms with Crippen LogP contribution in [-0.4, -0.2) is 42.4 Å². The van der Waals surface area contributed by atoms with Crippen molar-refractivity contribution in [1.29, 1.82) is 0 Å². The predicted molar refractivity (Wildman–Crippen MR) is 81.0 cm³/mol. The van der Waals surface area contributed by atoms with Crippen LogP contribution in [0.4, 0.5) is 10.1 Å². The highest BCUT2D eigenvalue weighted by molar-refractivity contribution is 6.39. The Morgan fingerprint density at radius 1 is 1.35 bits per heavy atom. The van der Waals surface area contributed by atoms with Gasteiger partial charge in [0.2, 0.25) is 0 Å². The smallest absolute Gasteiger partial charge is 0.313 e. The number of esters is 1. The molecule has 2 amide bonds. The van der Waals surface area contributed by atoms with Crippen molar-refractivity contribution in [2.45, 2.75) is 19.8 Å². The van der Waals surface area contributed by atoms with Crippen molar-refractivity contribution in [3.8, 4) is 0 Å². The van der Waals surface area contributed by atoms with Crippen LogP contribution in [0.2, 0.25) is 0 Å². The molecule has 7 heteroatoms. The monoisotopic (exact) mass is 322 g/mol. The number of ether oxygens (including phenoxy) is 1. The lowest BCUT2D eigenvalue weighted by Gasteiger charge is -2.30. The number of hydrogen-bond acceptors (Lipinski definition) is 4. The third kappa shape index (κ3) is 4.28. The van der Waals surface area contributed by atoms with E-state index < -0.39 is 23.5 Å². The first-order chi connectivity index (χ1) is 11.0. The number of benzene rings is 1. The van der Waals surface area contributed by atoms with Gasteiger partial charge in [-0.05, 0) is 31.9 Å². The summed E-state index contributed by atoms with van der Waals surface area (Å²) in [6, 6.07) is 5.61. The van der Waals surface area contributed by atoms with Gasteiger partial charge in [0.15, 0.2) is 0 Å².